The summed E-state index contributed by atoms with van der Waals surface area (Å²) in [7, 11) is 0. The Kier molecular flexibility index (Phi) is 5.51. The van der Waals surface area contributed by atoms with Crippen LogP contribution in [0.5, 0.6) is 0 Å². The molecular weight excluding hydrogens is 364 g/mol. The number of anilines is 2. The number of carbonyl (C=O) groups is 1. The Balaban J connectivity index is 1.39. The smallest absolute Gasteiger partial charge is 0.270 e. The molecule has 1 N–H and O–H groups in total. The molecule has 3 aromatic rings. The summed E-state index contributed by atoms with van der Waals surface area (Å²) >= 11 is 0. The average molecular weight is 390 g/mol. The first-order valence-electron chi connectivity index (χ1n) is 9.94. The number of benzene rings is 1. The zero-order chi connectivity index (χ0) is 20.2. The van der Waals surface area contributed by atoms with Crippen molar-refractivity contribution in [2.75, 3.05) is 36.0 Å². The minimum absolute atomic E-state index is 0.197. The Labute approximate surface area is 171 Å². The van der Waals surface area contributed by atoms with Gasteiger partial charge in [0.1, 0.15) is 11.5 Å². The summed E-state index contributed by atoms with van der Waals surface area (Å²) < 4.78 is 5.25. The summed E-state index contributed by atoms with van der Waals surface area (Å²) in [5.41, 5.74) is 5.44. The van der Waals surface area contributed by atoms with Gasteiger partial charge in [0.25, 0.3) is 5.91 Å². The number of amides is 1. The second kappa shape index (κ2) is 8.39. The standard InChI is InChI=1S/C23H26N4O2/c1-17-5-3-7-22(18(17)2)27-12-10-26(11-13-27)19-8-9-24-21(15-19)23(28)25-16-20-6-4-14-29-20/h3-9,14-15H,10-13,16H2,1-2H3,(H,25,28). The number of furan rings is 1. The van der Waals surface area contributed by atoms with Gasteiger partial charge in [0.05, 0.1) is 12.8 Å². The van der Waals surface area contributed by atoms with Crippen LogP contribution in [0.15, 0.2) is 59.3 Å². The third-order valence-corrected chi connectivity index (χ3v) is 5.54. The maximum Gasteiger partial charge on any atom is 0.270 e. The molecule has 1 aromatic carbocycles. The first-order valence-corrected chi connectivity index (χ1v) is 9.94. The van der Waals surface area contributed by atoms with Crippen LogP contribution in [0.2, 0.25) is 0 Å². The van der Waals surface area contributed by atoms with Gasteiger partial charge in [-0.05, 0) is 55.3 Å². The number of nitrogens with one attached hydrogen (secondary N) is 1. The van der Waals surface area contributed by atoms with Gasteiger partial charge in [-0.15, -0.1) is 0 Å². The number of nitrogens with zero attached hydrogens (tertiary/aromatic N) is 3. The lowest BCUT2D eigenvalue weighted by atomic mass is 10.1. The summed E-state index contributed by atoms with van der Waals surface area (Å²) in [5.74, 6) is 0.523. The summed E-state index contributed by atoms with van der Waals surface area (Å²) in [6.45, 7) is 8.42. The summed E-state index contributed by atoms with van der Waals surface area (Å²) in [6, 6.07) is 14.0. The molecule has 1 aliphatic rings. The van der Waals surface area contributed by atoms with E-state index in [1.54, 1.807) is 18.5 Å². The molecule has 1 fully saturated rings. The minimum atomic E-state index is -0.197. The number of aromatic nitrogens is 1. The number of hydrogen-bond acceptors (Lipinski definition) is 5. The average Bonchev–Trinajstić information content (AvgIpc) is 3.28. The molecule has 0 spiro atoms. The first kappa shape index (κ1) is 19.1. The molecule has 1 saturated heterocycles. The van der Waals surface area contributed by atoms with Crippen molar-refractivity contribution in [1.82, 2.24) is 10.3 Å². The van der Waals surface area contributed by atoms with Crippen LogP contribution in [0.1, 0.15) is 27.4 Å². The summed E-state index contributed by atoms with van der Waals surface area (Å²) in [5, 5.41) is 2.85. The Hall–Kier alpha value is -3.28. The Bertz CT molecular complexity index is 976. The van der Waals surface area contributed by atoms with Gasteiger partial charge in [-0.25, -0.2) is 0 Å². The highest BCUT2D eigenvalue weighted by Crippen LogP contribution is 2.25. The molecule has 0 saturated carbocycles. The van der Waals surface area contributed by atoms with E-state index in [1.807, 2.05) is 18.2 Å². The maximum atomic E-state index is 12.4. The van der Waals surface area contributed by atoms with E-state index < -0.39 is 0 Å². The molecule has 0 radical (unpaired) electrons. The highest BCUT2D eigenvalue weighted by atomic mass is 16.3. The molecule has 2 aromatic heterocycles. The summed E-state index contributed by atoms with van der Waals surface area (Å²) in [6.07, 6.45) is 3.30. The molecule has 4 rings (SSSR count). The predicted octanol–water partition coefficient (Wildman–Crippen LogP) is 3.55. The highest BCUT2D eigenvalue weighted by molar-refractivity contribution is 5.93. The van der Waals surface area contributed by atoms with E-state index in [-0.39, 0.29) is 5.91 Å². The highest BCUT2D eigenvalue weighted by Gasteiger charge is 2.20. The molecule has 150 valence electrons. The third kappa shape index (κ3) is 4.26. The zero-order valence-electron chi connectivity index (χ0n) is 16.9. The molecule has 29 heavy (non-hydrogen) atoms. The maximum absolute atomic E-state index is 12.4. The van der Waals surface area contributed by atoms with E-state index in [2.05, 4.69) is 52.1 Å². The molecule has 0 unspecified atom stereocenters. The molecule has 6 heteroatoms. The van der Waals surface area contributed by atoms with Crippen LogP contribution >= 0.6 is 0 Å². The lowest BCUT2D eigenvalue weighted by Crippen LogP contribution is -2.46. The van der Waals surface area contributed by atoms with Gasteiger partial charge in [-0.3, -0.25) is 9.78 Å². The number of pyridine rings is 1. The van der Waals surface area contributed by atoms with Crippen molar-refractivity contribution >= 4 is 17.3 Å². The van der Waals surface area contributed by atoms with E-state index in [9.17, 15) is 4.79 Å². The predicted molar refractivity (Wildman–Crippen MR) is 114 cm³/mol. The van der Waals surface area contributed by atoms with Gasteiger partial charge < -0.3 is 19.5 Å². The van der Waals surface area contributed by atoms with Crippen molar-refractivity contribution in [2.45, 2.75) is 20.4 Å². The van der Waals surface area contributed by atoms with E-state index in [0.717, 1.165) is 37.6 Å². The van der Waals surface area contributed by atoms with Crippen LogP contribution in [0, 0.1) is 13.8 Å². The van der Waals surface area contributed by atoms with Crippen LogP contribution in [0.3, 0.4) is 0 Å². The molecule has 1 amide bonds. The minimum Gasteiger partial charge on any atom is -0.467 e. The molecular formula is C23H26N4O2. The number of carbonyl (C=O) groups excluding carboxylic acids is 1. The number of piperazine rings is 1. The van der Waals surface area contributed by atoms with E-state index >= 15 is 0 Å². The molecule has 6 nitrogen and oxygen atoms in total. The second-order valence-corrected chi connectivity index (χ2v) is 7.35. The normalized spacial score (nSPS) is 14.1. The quantitative estimate of drug-likeness (QED) is 0.722. The van der Waals surface area contributed by atoms with Crippen LogP contribution < -0.4 is 15.1 Å². The molecule has 0 aliphatic carbocycles. The Morgan fingerprint density at radius 1 is 1.07 bits per heavy atom. The van der Waals surface area contributed by atoms with Gasteiger partial charge in [0.15, 0.2) is 0 Å². The van der Waals surface area contributed by atoms with Crippen LogP contribution in [-0.2, 0) is 6.54 Å². The van der Waals surface area contributed by atoms with Crippen LogP contribution in [0.4, 0.5) is 11.4 Å². The van der Waals surface area contributed by atoms with Crippen molar-refractivity contribution in [1.29, 1.82) is 0 Å². The Morgan fingerprint density at radius 2 is 1.86 bits per heavy atom. The molecule has 1 aliphatic heterocycles. The van der Waals surface area contributed by atoms with Crippen LogP contribution in [0.25, 0.3) is 0 Å². The molecule has 3 heterocycles. The van der Waals surface area contributed by atoms with Gasteiger partial charge in [-0.2, -0.15) is 0 Å². The number of rotatable bonds is 5. The van der Waals surface area contributed by atoms with Crippen molar-refractivity contribution in [3.8, 4) is 0 Å². The SMILES string of the molecule is Cc1cccc(N2CCN(c3ccnc(C(=O)NCc4ccco4)c3)CC2)c1C. The van der Waals surface area contributed by atoms with Crippen molar-refractivity contribution < 1.29 is 9.21 Å². The fraction of sp³-hybridized carbons (Fsp3) is 0.304. The first-order chi connectivity index (χ1) is 14.1. The van der Waals surface area contributed by atoms with Gasteiger partial charge in [-0.1, -0.05) is 12.1 Å². The van der Waals surface area contributed by atoms with E-state index in [4.69, 9.17) is 4.42 Å². The fourth-order valence-electron chi connectivity index (χ4n) is 3.70. The van der Waals surface area contributed by atoms with E-state index in [0.29, 0.717) is 12.2 Å². The van der Waals surface area contributed by atoms with Crippen molar-refractivity contribution in [3.05, 3.63) is 77.5 Å². The van der Waals surface area contributed by atoms with Gasteiger partial charge >= 0.3 is 0 Å². The van der Waals surface area contributed by atoms with Crippen molar-refractivity contribution in [3.63, 3.8) is 0 Å². The van der Waals surface area contributed by atoms with Crippen LogP contribution in [-0.4, -0.2) is 37.1 Å². The molecule has 0 bridgehead atoms. The zero-order valence-corrected chi connectivity index (χ0v) is 16.9. The lowest BCUT2D eigenvalue weighted by Gasteiger charge is -2.38. The third-order valence-electron chi connectivity index (χ3n) is 5.54. The molecule has 0 atom stereocenters. The second-order valence-electron chi connectivity index (χ2n) is 7.35. The lowest BCUT2D eigenvalue weighted by molar-refractivity contribution is 0.0943. The van der Waals surface area contributed by atoms with Gasteiger partial charge in [0.2, 0.25) is 0 Å². The number of hydrogen-bond donors (Lipinski definition) is 1. The number of aryl methyl sites for hydroxylation is 1. The van der Waals surface area contributed by atoms with E-state index in [1.165, 1.54) is 16.8 Å². The fourth-order valence-corrected chi connectivity index (χ4v) is 3.70. The van der Waals surface area contributed by atoms with Gasteiger partial charge in [0, 0.05) is 43.8 Å². The Morgan fingerprint density at radius 3 is 2.62 bits per heavy atom. The summed E-state index contributed by atoms with van der Waals surface area (Å²) in [4.78, 5) is 21.4. The largest absolute Gasteiger partial charge is 0.467 e. The van der Waals surface area contributed by atoms with Crippen molar-refractivity contribution in [2.24, 2.45) is 0 Å². The topological polar surface area (TPSA) is 61.6 Å². The monoisotopic (exact) mass is 390 g/mol.